The third kappa shape index (κ3) is 5.03. The van der Waals surface area contributed by atoms with E-state index in [1.165, 1.54) is 19.3 Å². The minimum Gasteiger partial charge on any atom is -0.480 e. The van der Waals surface area contributed by atoms with Crippen molar-refractivity contribution in [3.05, 3.63) is 0 Å². The Morgan fingerprint density at radius 2 is 1.95 bits per heavy atom. The summed E-state index contributed by atoms with van der Waals surface area (Å²) < 4.78 is 13.0. The van der Waals surface area contributed by atoms with Gasteiger partial charge in [-0.05, 0) is 49.4 Å². The zero-order valence-electron chi connectivity index (χ0n) is 13.2. The first-order valence-corrected chi connectivity index (χ1v) is 12.0. The summed E-state index contributed by atoms with van der Waals surface area (Å²) in [5.74, 6) is 0.531. The van der Waals surface area contributed by atoms with E-state index in [9.17, 15) is 0 Å². The van der Waals surface area contributed by atoms with E-state index in [-0.39, 0.29) is 5.04 Å². The van der Waals surface area contributed by atoms with Crippen molar-refractivity contribution in [3.8, 4) is 0 Å². The molecule has 2 nitrogen and oxygen atoms in total. The molecule has 0 aromatic rings. The van der Waals surface area contributed by atoms with Gasteiger partial charge < -0.3 is 9.16 Å². The largest absolute Gasteiger partial charge is 0.480 e. The molecular formula is C14H30O2S2Si. The number of rotatable bonds is 4. The topological polar surface area (TPSA) is 18.5 Å². The summed E-state index contributed by atoms with van der Waals surface area (Å²) >= 11 is 5.76. The molecule has 5 heteroatoms. The molecule has 19 heavy (non-hydrogen) atoms. The van der Waals surface area contributed by atoms with Crippen molar-refractivity contribution in [3.63, 3.8) is 0 Å². The van der Waals surface area contributed by atoms with Gasteiger partial charge in [0, 0.05) is 5.92 Å². The van der Waals surface area contributed by atoms with E-state index in [0.717, 1.165) is 11.0 Å². The highest BCUT2D eigenvalue weighted by Gasteiger charge is 2.42. The molecule has 0 amide bonds. The second kappa shape index (κ2) is 6.92. The Labute approximate surface area is 129 Å². The third-order valence-corrected chi connectivity index (χ3v) is 10.3. The van der Waals surface area contributed by atoms with Gasteiger partial charge in [0.05, 0.1) is 12.7 Å². The standard InChI is InChI=1S/C14H30O2S2Si/c1-14(2,3)19(5,6)16-12-9-7-8-11(12)10-15-13(17)18-4/h11-12H,7-10,18H2,1-6H3. The van der Waals surface area contributed by atoms with Crippen molar-refractivity contribution in [1.29, 1.82) is 0 Å². The van der Waals surface area contributed by atoms with E-state index >= 15 is 0 Å². The lowest BCUT2D eigenvalue weighted by Gasteiger charge is -2.39. The fraction of sp³-hybridized carbons (Fsp3) is 0.929. The minimum absolute atomic E-state index is 0.279. The minimum atomic E-state index is -1.66. The Morgan fingerprint density at radius 3 is 2.47 bits per heavy atom. The van der Waals surface area contributed by atoms with Crippen LogP contribution in [0.3, 0.4) is 0 Å². The summed E-state index contributed by atoms with van der Waals surface area (Å²) in [5.41, 5.74) is 0. The molecule has 0 spiro atoms. The first-order chi connectivity index (χ1) is 8.67. The highest BCUT2D eigenvalue weighted by molar-refractivity contribution is 8.22. The van der Waals surface area contributed by atoms with Gasteiger partial charge in [-0.2, -0.15) is 11.8 Å². The lowest BCUT2D eigenvalue weighted by atomic mass is 10.1. The van der Waals surface area contributed by atoms with E-state index in [1.807, 2.05) is 0 Å². The number of ether oxygens (including phenoxy) is 1. The quantitative estimate of drug-likeness (QED) is 0.568. The predicted molar refractivity (Wildman–Crippen MR) is 94.3 cm³/mol. The third-order valence-electron chi connectivity index (χ3n) is 4.47. The van der Waals surface area contributed by atoms with E-state index in [4.69, 9.17) is 21.4 Å². The second-order valence-corrected chi connectivity index (χ2v) is 13.4. The van der Waals surface area contributed by atoms with Crippen LogP contribution in [0.1, 0.15) is 40.0 Å². The van der Waals surface area contributed by atoms with Gasteiger partial charge in [0.2, 0.25) is 0 Å². The van der Waals surface area contributed by atoms with Gasteiger partial charge in [-0.25, -0.2) is 0 Å². The molecule has 1 fully saturated rings. The zero-order chi connectivity index (χ0) is 14.7. The molecule has 0 radical (unpaired) electrons. The van der Waals surface area contributed by atoms with Crippen LogP contribution in [0, 0.1) is 5.92 Å². The molecule has 2 unspecified atom stereocenters. The van der Waals surface area contributed by atoms with E-state index in [0.29, 0.717) is 23.8 Å². The highest BCUT2D eigenvalue weighted by Crippen LogP contribution is 2.40. The van der Waals surface area contributed by atoms with Gasteiger partial charge in [0.25, 0.3) is 0 Å². The Balaban J connectivity index is 2.55. The van der Waals surface area contributed by atoms with Crippen molar-refractivity contribution in [2.24, 2.45) is 5.92 Å². The summed E-state index contributed by atoms with van der Waals surface area (Å²) in [6, 6.07) is 0. The molecule has 0 aliphatic heterocycles. The molecule has 2 atom stereocenters. The second-order valence-electron chi connectivity index (χ2n) is 6.96. The Morgan fingerprint density at radius 1 is 1.32 bits per heavy atom. The Bertz CT molecular complexity index is 313. The van der Waals surface area contributed by atoms with Gasteiger partial charge in [-0.1, -0.05) is 27.2 Å². The molecule has 1 saturated carbocycles. The maximum atomic E-state index is 6.56. The molecule has 0 saturated heterocycles. The molecule has 0 N–H and O–H groups in total. The zero-order valence-corrected chi connectivity index (χ0v) is 16.0. The van der Waals surface area contributed by atoms with Gasteiger partial charge >= 0.3 is 0 Å². The fourth-order valence-electron chi connectivity index (χ4n) is 2.16. The predicted octanol–water partition coefficient (Wildman–Crippen LogP) is 4.31. The normalized spacial score (nSPS) is 25.6. The number of thiocarbonyl (C=S) groups is 1. The average molecular weight is 323 g/mol. The van der Waals surface area contributed by atoms with E-state index in [2.05, 4.69) is 40.1 Å². The van der Waals surface area contributed by atoms with Crippen LogP contribution in [0.2, 0.25) is 18.1 Å². The molecule has 0 heterocycles. The van der Waals surface area contributed by atoms with Gasteiger partial charge in [-0.3, -0.25) is 0 Å². The summed E-state index contributed by atoms with van der Waals surface area (Å²) in [4.78, 5) is 0. The van der Waals surface area contributed by atoms with Crippen LogP contribution in [0.4, 0.5) is 0 Å². The van der Waals surface area contributed by atoms with Crippen molar-refractivity contribution >= 4 is 36.7 Å². The van der Waals surface area contributed by atoms with Crippen LogP contribution in [0.25, 0.3) is 0 Å². The van der Waals surface area contributed by atoms with Crippen LogP contribution in [0.5, 0.6) is 0 Å². The van der Waals surface area contributed by atoms with Crippen molar-refractivity contribution in [2.75, 3.05) is 12.9 Å². The van der Waals surface area contributed by atoms with Gasteiger partial charge in [-0.15, -0.1) is 0 Å². The van der Waals surface area contributed by atoms with Crippen LogP contribution < -0.4 is 0 Å². The van der Waals surface area contributed by atoms with E-state index in [1.54, 1.807) is 0 Å². The first-order valence-electron chi connectivity index (χ1n) is 7.19. The number of hydrogen-bond donors (Lipinski definition) is 0. The van der Waals surface area contributed by atoms with E-state index < -0.39 is 8.32 Å². The Kier molecular flexibility index (Phi) is 6.36. The van der Waals surface area contributed by atoms with Crippen LogP contribution in [-0.2, 0) is 9.16 Å². The molecule has 114 valence electrons. The van der Waals surface area contributed by atoms with Crippen LogP contribution >= 0.6 is 24.0 Å². The fourth-order valence-corrected chi connectivity index (χ4v) is 3.88. The SMILES string of the molecule is C[SH2]C(=S)OCC1CCCC1O[Si](C)(C)C(C)(C)C. The first kappa shape index (κ1) is 17.5. The molecule has 0 aromatic heterocycles. The lowest BCUT2D eigenvalue weighted by molar-refractivity contribution is 0.105. The maximum Gasteiger partial charge on any atom is 0.196 e. The lowest BCUT2D eigenvalue weighted by Crippen LogP contribution is -2.45. The van der Waals surface area contributed by atoms with Crippen LogP contribution in [0.15, 0.2) is 0 Å². The summed E-state index contributed by atoms with van der Waals surface area (Å²) in [6.45, 7) is 12.3. The van der Waals surface area contributed by atoms with Gasteiger partial charge in [0.1, 0.15) is 0 Å². The number of hydrogen-bond acceptors (Lipinski definition) is 3. The monoisotopic (exact) mass is 322 g/mol. The van der Waals surface area contributed by atoms with Gasteiger partial charge in [0.15, 0.2) is 12.7 Å². The smallest absolute Gasteiger partial charge is 0.196 e. The summed E-state index contributed by atoms with van der Waals surface area (Å²) in [7, 11) is -1.66. The van der Waals surface area contributed by atoms with Crippen molar-refractivity contribution in [1.82, 2.24) is 0 Å². The summed E-state index contributed by atoms with van der Waals surface area (Å²) in [6.07, 6.45) is 6.11. The average Bonchev–Trinajstić information content (AvgIpc) is 2.71. The molecule has 1 aliphatic carbocycles. The van der Waals surface area contributed by atoms with Crippen LogP contribution in [-0.4, -0.2) is 31.7 Å². The molecule has 0 aromatic carbocycles. The van der Waals surface area contributed by atoms with Crippen molar-refractivity contribution in [2.45, 2.75) is 64.3 Å². The van der Waals surface area contributed by atoms with Crippen molar-refractivity contribution < 1.29 is 9.16 Å². The molecular weight excluding hydrogens is 292 g/mol. The molecule has 1 rings (SSSR count). The maximum absolute atomic E-state index is 6.56. The molecule has 1 aliphatic rings. The summed E-state index contributed by atoms with van der Waals surface area (Å²) in [5, 5.41) is 0.279. The highest BCUT2D eigenvalue weighted by atomic mass is 32.2. The molecule has 0 bridgehead atoms. The Hall–Kier alpha value is 0.417.